The zero-order valence-electron chi connectivity index (χ0n) is 14.2. The molecular weight excluding hydrogens is 311 g/mol. The smallest absolute Gasteiger partial charge is 0.223 e. The van der Waals surface area contributed by atoms with Crippen LogP contribution in [0.4, 0.5) is 4.39 Å². The van der Waals surface area contributed by atoms with Gasteiger partial charge in [0.1, 0.15) is 5.82 Å². The number of aliphatic hydroxyl groups excluding tert-OH is 1. The van der Waals surface area contributed by atoms with E-state index in [4.69, 9.17) is 0 Å². The summed E-state index contributed by atoms with van der Waals surface area (Å²) in [6.07, 6.45) is 0.256. The highest BCUT2D eigenvalue weighted by molar-refractivity contribution is 5.97. The number of benzene rings is 1. The van der Waals surface area contributed by atoms with E-state index in [-0.39, 0.29) is 48.8 Å². The van der Waals surface area contributed by atoms with Crippen LogP contribution in [0.1, 0.15) is 23.2 Å². The van der Waals surface area contributed by atoms with Gasteiger partial charge in [0.2, 0.25) is 5.91 Å². The molecule has 1 fully saturated rings. The van der Waals surface area contributed by atoms with Crippen molar-refractivity contribution in [3.63, 3.8) is 0 Å². The fraction of sp³-hybridized carbons (Fsp3) is 0.556. The minimum atomic E-state index is -0.387. The monoisotopic (exact) mass is 336 g/mol. The maximum atomic E-state index is 12.9. The molecule has 1 heterocycles. The van der Waals surface area contributed by atoms with Gasteiger partial charge in [0.05, 0.1) is 0 Å². The van der Waals surface area contributed by atoms with Crippen LogP contribution in [0.3, 0.4) is 0 Å². The first-order valence-electron chi connectivity index (χ1n) is 8.22. The molecule has 1 saturated heterocycles. The minimum absolute atomic E-state index is 0.0647. The number of halogens is 1. The quantitative estimate of drug-likeness (QED) is 0.765. The maximum Gasteiger partial charge on any atom is 0.223 e. The van der Waals surface area contributed by atoms with Gasteiger partial charge in [0, 0.05) is 50.6 Å². The largest absolute Gasteiger partial charge is 0.396 e. The fourth-order valence-corrected chi connectivity index (χ4v) is 3.18. The first-order valence-corrected chi connectivity index (χ1v) is 8.22. The third-order valence-corrected chi connectivity index (χ3v) is 4.50. The molecule has 0 spiro atoms. The molecule has 0 saturated carbocycles. The van der Waals surface area contributed by atoms with Crippen LogP contribution >= 0.6 is 0 Å². The second kappa shape index (κ2) is 8.35. The average Bonchev–Trinajstić information content (AvgIpc) is 2.95. The van der Waals surface area contributed by atoms with Gasteiger partial charge in [-0.2, -0.15) is 0 Å². The van der Waals surface area contributed by atoms with Crippen LogP contribution in [0.25, 0.3) is 0 Å². The van der Waals surface area contributed by atoms with Gasteiger partial charge in [-0.05, 0) is 44.3 Å². The molecule has 132 valence electrons. The summed E-state index contributed by atoms with van der Waals surface area (Å²) in [6.45, 7) is 2.05. The van der Waals surface area contributed by atoms with Crippen molar-refractivity contribution in [2.75, 3.05) is 40.3 Å². The van der Waals surface area contributed by atoms with Crippen molar-refractivity contribution in [2.24, 2.45) is 11.8 Å². The number of nitrogens with zero attached hydrogens (tertiary/aromatic N) is 2. The van der Waals surface area contributed by atoms with E-state index < -0.39 is 0 Å². The number of carbonyl (C=O) groups excluding carboxylic acids is 2. The molecule has 0 bridgehead atoms. The zero-order valence-corrected chi connectivity index (χ0v) is 14.2. The van der Waals surface area contributed by atoms with E-state index in [2.05, 4.69) is 4.90 Å². The van der Waals surface area contributed by atoms with Gasteiger partial charge in [-0.3, -0.25) is 9.59 Å². The Morgan fingerprint density at radius 3 is 2.38 bits per heavy atom. The molecule has 0 aromatic heterocycles. The summed E-state index contributed by atoms with van der Waals surface area (Å²) in [5, 5.41) is 9.50. The van der Waals surface area contributed by atoms with Crippen molar-refractivity contribution in [2.45, 2.75) is 12.8 Å². The number of hydrogen-bond acceptors (Lipinski definition) is 4. The molecule has 1 N–H and O–H groups in total. The number of Topliss-reactive ketones (excluding diaryl/α,β-unsaturated/α-hetero) is 1. The normalized spacial score (nSPS) is 20.6. The number of likely N-dealkylation sites (tertiary alicyclic amines) is 1. The Kier molecular flexibility index (Phi) is 6.45. The fourth-order valence-electron chi connectivity index (χ4n) is 3.18. The number of rotatable bonds is 7. The van der Waals surface area contributed by atoms with E-state index >= 15 is 0 Å². The molecule has 6 heteroatoms. The predicted octanol–water partition coefficient (Wildman–Crippen LogP) is 1.42. The standard InChI is InChI=1S/C18H25FN2O3/c1-20(2)9-14-10-21(11-15(14)12-22)18(24)8-7-17(23)13-3-5-16(19)6-4-13/h3-6,14-15,22H,7-12H2,1-2H3/t14-,15-/m1/s1. The Morgan fingerprint density at radius 1 is 1.17 bits per heavy atom. The van der Waals surface area contributed by atoms with Crippen molar-refractivity contribution >= 4 is 11.7 Å². The number of carbonyl (C=O) groups is 2. The molecular formula is C18H25FN2O3. The molecule has 1 aliphatic heterocycles. The summed E-state index contributed by atoms with van der Waals surface area (Å²) in [6, 6.07) is 5.36. The lowest BCUT2D eigenvalue weighted by Gasteiger charge is -2.20. The van der Waals surface area contributed by atoms with Crippen molar-refractivity contribution in [3.8, 4) is 0 Å². The summed E-state index contributed by atoms with van der Waals surface area (Å²) < 4.78 is 12.9. The SMILES string of the molecule is CN(C)C[C@@H]1CN(C(=O)CCC(=O)c2ccc(F)cc2)C[C@@H]1CO. The molecule has 1 amide bonds. The number of amides is 1. The zero-order chi connectivity index (χ0) is 17.7. The van der Waals surface area contributed by atoms with E-state index in [0.717, 1.165) is 6.54 Å². The second-order valence-electron chi connectivity index (χ2n) is 6.69. The predicted molar refractivity (Wildman–Crippen MR) is 89.2 cm³/mol. The summed E-state index contributed by atoms with van der Waals surface area (Å²) in [7, 11) is 3.94. The molecule has 5 nitrogen and oxygen atoms in total. The molecule has 0 aliphatic carbocycles. The van der Waals surface area contributed by atoms with Gasteiger partial charge < -0.3 is 14.9 Å². The summed E-state index contributed by atoms with van der Waals surface area (Å²) >= 11 is 0. The Bertz CT molecular complexity index is 574. The van der Waals surface area contributed by atoms with Crippen LogP contribution in [-0.2, 0) is 4.79 Å². The van der Waals surface area contributed by atoms with Crippen LogP contribution in [0.2, 0.25) is 0 Å². The van der Waals surface area contributed by atoms with Crippen molar-refractivity contribution in [3.05, 3.63) is 35.6 Å². The molecule has 2 rings (SSSR count). The number of aliphatic hydroxyl groups is 1. The highest BCUT2D eigenvalue weighted by atomic mass is 19.1. The lowest BCUT2D eigenvalue weighted by atomic mass is 9.97. The van der Waals surface area contributed by atoms with Crippen LogP contribution in [0, 0.1) is 17.7 Å². The summed E-state index contributed by atoms with van der Waals surface area (Å²) in [5.74, 6) is -0.274. The van der Waals surface area contributed by atoms with Gasteiger partial charge in [-0.1, -0.05) is 0 Å². The lowest BCUT2D eigenvalue weighted by molar-refractivity contribution is -0.130. The Hall–Kier alpha value is -1.79. The molecule has 2 atom stereocenters. The van der Waals surface area contributed by atoms with E-state index in [9.17, 15) is 19.1 Å². The molecule has 1 aliphatic rings. The molecule has 1 aromatic rings. The van der Waals surface area contributed by atoms with Crippen LogP contribution in [-0.4, -0.2) is 66.9 Å². The molecule has 0 unspecified atom stereocenters. The van der Waals surface area contributed by atoms with Crippen LogP contribution in [0.5, 0.6) is 0 Å². The Balaban J connectivity index is 1.86. The number of ketones is 1. The molecule has 1 aromatic carbocycles. The molecule has 0 radical (unpaired) electrons. The minimum Gasteiger partial charge on any atom is -0.396 e. The lowest BCUT2D eigenvalue weighted by Crippen LogP contribution is -2.31. The second-order valence-corrected chi connectivity index (χ2v) is 6.69. The first-order chi connectivity index (χ1) is 11.4. The molecule has 24 heavy (non-hydrogen) atoms. The van der Waals surface area contributed by atoms with E-state index in [1.807, 2.05) is 14.1 Å². The van der Waals surface area contributed by atoms with Crippen molar-refractivity contribution < 1.29 is 19.1 Å². The highest BCUT2D eigenvalue weighted by Crippen LogP contribution is 2.24. The Labute approximate surface area is 142 Å². The highest BCUT2D eigenvalue weighted by Gasteiger charge is 2.34. The third-order valence-electron chi connectivity index (χ3n) is 4.50. The third kappa shape index (κ3) is 4.85. The van der Waals surface area contributed by atoms with Crippen molar-refractivity contribution in [1.29, 1.82) is 0 Å². The average molecular weight is 336 g/mol. The van der Waals surface area contributed by atoms with Gasteiger partial charge in [-0.15, -0.1) is 0 Å². The van der Waals surface area contributed by atoms with Gasteiger partial charge >= 0.3 is 0 Å². The summed E-state index contributed by atoms with van der Waals surface area (Å²) in [5.41, 5.74) is 0.421. The van der Waals surface area contributed by atoms with Crippen molar-refractivity contribution in [1.82, 2.24) is 9.80 Å². The van der Waals surface area contributed by atoms with Gasteiger partial charge in [0.15, 0.2) is 5.78 Å². The van der Waals surface area contributed by atoms with E-state index in [0.29, 0.717) is 18.7 Å². The Morgan fingerprint density at radius 2 is 1.79 bits per heavy atom. The van der Waals surface area contributed by atoms with Crippen LogP contribution < -0.4 is 0 Å². The number of hydrogen-bond donors (Lipinski definition) is 1. The topological polar surface area (TPSA) is 60.9 Å². The maximum absolute atomic E-state index is 12.9. The van der Waals surface area contributed by atoms with Gasteiger partial charge in [-0.25, -0.2) is 4.39 Å². The van der Waals surface area contributed by atoms with E-state index in [1.54, 1.807) is 4.90 Å². The first kappa shape index (κ1) is 18.5. The van der Waals surface area contributed by atoms with Gasteiger partial charge in [0.25, 0.3) is 0 Å². The van der Waals surface area contributed by atoms with Crippen LogP contribution in [0.15, 0.2) is 24.3 Å². The van der Waals surface area contributed by atoms with E-state index in [1.165, 1.54) is 24.3 Å². The summed E-state index contributed by atoms with van der Waals surface area (Å²) in [4.78, 5) is 28.2.